The van der Waals surface area contributed by atoms with Gasteiger partial charge in [0.25, 0.3) is 0 Å². The van der Waals surface area contributed by atoms with Gasteiger partial charge in [-0.25, -0.2) is 19.6 Å². The van der Waals surface area contributed by atoms with E-state index in [0.717, 1.165) is 32.8 Å². The van der Waals surface area contributed by atoms with Crippen LogP contribution in [0.3, 0.4) is 0 Å². The summed E-state index contributed by atoms with van der Waals surface area (Å²) in [7, 11) is 3.81. The molecule has 0 aliphatic rings. The van der Waals surface area contributed by atoms with Crippen molar-refractivity contribution in [1.29, 1.82) is 0 Å². The van der Waals surface area contributed by atoms with Crippen LogP contribution in [-0.4, -0.2) is 54.5 Å². The number of carbonyl (C=O) groups is 2. The number of aryl methyl sites for hydroxylation is 3. The van der Waals surface area contributed by atoms with Crippen LogP contribution in [0.5, 0.6) is 11.5 Å². The highest BCUT2D eigenvalue weighted by atomic mass is 79.9. The Labute approximate surface area is 249 Å². The van der Waals surface area contributed by atoms with Crippen molar-refractivity contribution in [1.82, 2.24) is 19.1 Å². The summed E-state index contributed by atoms with van der Waals surface area (Å²) >= 11 is 3.38. The van der Waals surface area contributed by atoms with E-state index in [1.165, 1.54) is 0 Å². The maximum Gasteiger partial charge on any atom is 0.360 e. The van der Waals surface area contributed by atoms with Crippen molar-refractivity contribution in [2.24, 2.45) is 14.1 Å². The quantitative estimate of drug-likeness (QED) is 0.171. The van der Waals surface area contributed by atoms with Crippen LogP contribution in [-0.2, 0) is 23.6 Å². The molecule has 2 N–H and O–H groups in total. The van der Waals surface area contributed by atoms with Gasteiger partial charge in [0.1, 0.15) is 4.60 Å². The number of para-hydroxylation sites is 2. The molecule has 0 unspecified atom stereocenters. The molecule has 0 saturated carbocycles. The minimum atomic E-state index is -0.634. The fourth-order valence-electron chi connectivity index (χ4n) is 5.33. The lowest BCUT2D eigenvalue weighted by molar-refractivity contribution is 0.0506. The molecule has 0 aliphatic heterocycles. The fraction of sp³-hybridized carbons (Fsp3) is 0.226. The molecule has 0 atom stereocenters. The van der Waals surface area contributed by atoms with Crippen molar-refractivity contribution < 1.29 is 29.3 Å². The van der Waals surface area contributed by atoms with E-state index in [-0.39, 0.29) is 36.1 Å². The maximum atomic E-state index is 12.0. The highest BCUT2D eigenvalue weighted by Gasteiger charge is 2.24. The van der Waals surface area contributed by atoms with E-state index in [0.29, 0.717) is 21.1 Å². The predicted molar refractivity (Wildman–Crippen MR) is 164 cm³/mol. The van der Waals surface area contributed by atoms with Gasteiger partial charge in [-0.15, -0.1) is 0 Å². The number of nitrogens with zero attached hydrogens (tertiary/aromatic N) is 4. The summed E-state index contributed by atoms with van der Waals surface area (Å²) in [5.41, 5.74) is 4.07. The summed E-state index contributed by atoms with van der Waals surface area (Å²) in [6.45, 7) is 5.72. The van der Waals surface area contributed by atoms with Crippen molar-refractivity contribution in [3.63, 3.8) is 0 Å². The minimum absolute atomic E-state index is 0.0294. The van der Waals surface area contributed by atoms with Crippen molar-refractivity contribution in [2.45, 2.75) is 20.8 Å². The van der Waals surface area contributed by atoms with Gasteiger partial charge < -0.3 is 28.8 Å². The molecular formula is C31H29BrN4O6. The third-order valence-corrected chi connectivity index (χ3v) is 7.65. The Morgan fingerprint density at radius 3 is 1.69 bits per heavy atom. The molecule has 0 spiro atoms. The molecule has 0 aliphatic carbocycles. The number of aromatic nitrogens is 4. The second-order valence-electron chi connectivity index (χ2n) is 9.53. The summed E-state index contributed by atoms with van der Waals surface area (Å²) in [6.07, 6.45) is 0. The minimum Gasteiger partial charge on any atom is -0.505 e. The zero-order valence-corrected chi connectivity index (χ0v) is 25.3. The molecule has 216 valence electrons. The Morgan fingerprint density at radius 1 is 0.762 bits per heavy atom. The van der Waals surface area contributed by atoms with Crippen LogP contribution < -0.4 is 0 Å². The van der Waals surface area contributed by atoms with Crippen molar-refractivity contribution >= 4 is 71.5 Å². The molecular weight excluding hydrogens is 604 g/mol. The van der Waals surface area contributed by atoms with Gasteiger partial charge >= 0.3 is 11.9 Å². The first kappa shape index (κ1) is 28.9. The Hall–Kier alpha value is -4.64. The van der Waals surface area contributed by atoms with Crippen LogP contribution >= 0.6 is 15.9 Å². The number of rotatable bonds is 4. The molecule has 2 aromatic carbocycles. The number of hydrogen-bond acceptors (Lipinski definition) is 8. The first-order valence-corrected chi connectivity index (χ1v) is 14.1. The number of benzene rings is 2. The lowest BCUT2D eigenvalue weighted by atomic mass is 10.1. The average molecular weight is 633 g/mol. The van der Waals surface area contributed by atoms with Crippen LogP contribution in [0.15, 0.2) is 53.1 Å². The highest BCUT2D eigenvalue weighted by molar-refractivity contribution is 9.10. The standard InChI is InChI=1S/C16H16N2O3.C15H13BrN2O3/c1-4-21-16(20)13-15(19)12-10-7-5-6-8-11(10)18(3)14(12)9(2)17-13;1-3-21-15(20)11-13(19)10-8-6-4-5-7-9(8)18(2)12(10)14(16)17-11/h5-8,19H,4H2,1-3H3;4-7,19H,3H2,1-2H3. The zero-order chi connectivity index (χ0) is 30.3. The topological polar surface area (TPSA) is 129 Å². The number of fused-ring (bicyclic) bond motifs is 6. The number of carbonyl (C=O) groups excluding carboxylic acids is 2. The summed E-state index contributed by atoms with van der Waals surface area (Å²) in [5, 5.41) is 24.0. The van der Waals surface area contributed by atoms with Gasteiger partial charge in [-0.3, -0.25) is 0 Å². The summed E-state index contributed by atoms with van der Waals surface area (Å²) in [6, 6.07) is 15.4. The third-order valence-electron chi connectivity index (χ3n) is 7.10. The highest BCUT2D eigenvalue weighted by Crippen LogP contribution is 2.40. The molecule has 10 nitrogen and oxygen atoms in total. The van der Waals surface area contributed by atoms with E-state index in [1.807, 2.05) is 78.7 Å². The van der Waals surface area contributed by atoms with Gasteiger partial charge in [0.15, 0.2) is 22.9 Å². The van der Waals surface area contributed by atoms with Crippen LogP contribution in [0.2, 0.25) is 0 Å². The molecule has 4 heterocycles. The Morgan fingerprint density at radius 2 is 1.19 bits per heavy atom. The van der Waals surface area contributed by atoms with Gasteiger partial charge in [0.05, 0.1) is 40.7 Å². The van der Waals surface area contributed by atoms with Crippen molar-refractivity contribution in [3.05, 3.63) is 70.2 Å². The van der Waals surface area contributed by atoms with Crippen molar-refractivity contribution in [2.75, 3.05) is 13.2 Å². The van der Waals surface area contributed by atoms with E-state index in [9.17, 15) is 19.8 Å². The van der Waals surface area contributed by atoms with Crippen LogP contribution in [0.1, 0.15) is 40.5 Å². The molecule has 0 saturated heterocycles. The van der Waals surface area contributed by atoms with Gasteiger partial charge in [0, 0.05) is 35.9 Å². The van der Waals surface area contributed by atoms with Crippen LogP contribution in [0.25, 0.3) is 43.6 Å². The lowest BCUT2D eigenvalue weighted by Gasteiger charge is -2.08. The molecule has 11 heteroatoms. The Bertz CT molecular complexity index is 1880. The van der Waals surface area contributed by atoms with Crippen LogP contribution in [0.4, 0.5) is 0 Å². The molecule has 0 bridgehead atoms. The van der Waals surface area contributed by atoms with E-state index in [2.05, 4.69) is 25.9 Å². The van der Waals surface area contributed by atoms with E-state index in [1.54, 1.807) is 13.8 Å². The Balaban J connectivity index is 0.000000168. The number of pyridine rings is 2. The van der Waals surface area contributed by atoms with Gasteiger partial charge in [-0.05, 0) is 48.8 Å². The summed E-state index contributed by atoms with van der Waals surface area (Å²) < 4.78 is 14.3. The molecule has 42 heavy (non-hydrogen) atoms. The largest absolute Gasteiger partial charge is 0.505 e. The van der Waals surface area contributed by atoms with Gasteiger partial charge in [0.2, 0.25) is 0 Å². The third kappa shape index (κ3) is 4.59. The number of halogens is 1. The zero-order valence-electron chi connectivity index (χ0n) is 23.7. The fourth-order valence-corrected chi connectivity index (χ4v) is 5.97. The number of hydrogen-bond donors (Lipinski definition) is 2. The second-order valence-corrected chi connectivity index (χ2v) is 10.3. The molecule has 6 rings (SSSR count). The second kappa shape index (κ2) is 11.3. The molecule has 6 aromatic rings. The van der Waals surface area contributed by atoms with E-state index >= 15 is 0 Å². The lowest BCUT2D eigenvalue weighted by Crippen LogP contribution is -2.09. The summed E-state index contributed by atoms with van der Waals surface area (Å²) in [4.78, 5) is 32.3. The SMILES string of the molecule is CCOC(=O)c1nc(Br)c2c(c1O)c1ccccc1n2C.CCOC(=O)c1nc(C)c2c(c1O)c1ccccc1n2C. The molecule has 0 fully saturated rings. The Kier molecular flexibility index (Phi) is 7.79. The number of esters is 2. The van der Waals surface area contributed by atoms with Crippen molar-refractivity contribution in [3.8, 4) is 11.5 Å². The molecule has 4 aromatic heterocycles. The van der Waals surface area contributed by atoms with Crippen LogP contribution in [0, 0.1) is 6.92 Å². The first-order chi connectivity index (χ1) is 20.1. The number of ether oxygens (including phenoxy) is 2. The molecule has 0 radical (unpaired) electrons. The summed E-state index contributed by atoms with van der Waals surface area (Å²) in [5.74, 6) is -1.51. The van der Waals surface area contributed by atoms with Gasteiger partial charge in [-0.1, -0.05) is 36.4 Å². The number of aromatic hydroxyl groups is 2. The normalized spacial score (nSPS) is 11.2. The molecule has 0 amide bonds. The average Bonchev–Trinajstić information content (AvgIpc) is 3.46. The van der Waals surface area contributed by atoms with E-state index < -0.39 is 11.9 Å². The maximum absolute atomic E-state index is 12.0. The van der Waals surface area contributed by atoms with Gasteiger partial charge in [-0.2, -0.15) is 0 Å². The smallest absolute Gasteiger partial charge is 0.360 e. The first-order valence-electron chi connectivity index (χ1n) is 13.3. The van der Waals surface area contributed by atoms with E-state index in [4.69, 9.17) is 9.47 Å². The monoisotopic (exact) mass is 632 g/mol. The predicted octanol–water partition coefficient (Wildman–Crippen LogP) is 6.29.